The Morgan fingerprint density at radius 3 is 2.52 bits per heavy atom. The van der Waals surface area contributed by atoms with Crippen LogP contribution in [0, 0.1) is 0 Å². The molecular weight excluding hydrogens is 502 g/mol. The van der Waals surface area contributed by atoms with Crippen molar-refractivity contribution in [1.29, 1.82) is 0 Å². The molecule has 2 aromatic heterocycles. The fourth-order valence-corrected chi connectivity index (χ4v) is 5.86. The monoisotopic (exact) mass is 539 g/mol. The molecule has 10 heteroatoms. The normalized spacial score (nSPS) is 19.6. The number of hydrogen-bond acceptors (Lipinski definition) is 5. The SMILES string of the molecule is CC(C)(C)N(C(=O)O)C1CCC(Nc2ncnc3c2c(Br)cn3COCC[Si](C)(C)C)CC1. The van der Waals surface area contributed by atoms with Crippen molar-refractivity contribution in [3.63, 3.8) is 0 Å². The average Bonchev–Trinajstić information content (AvgIpc) is 3.01. The topological polar surface area (TPSA) is 92.5 Å². The van der Waals surface area contributed by atoms with Crippen molar-refractivity contribution in [2.45, 2.75) is 96.5 Å². The molecule has 0 bridgehead atoms. The molecular formula is C23H38BrN5O3Si. The van der Waals surface area contributed by atoms with E-state index in [-0.39, 0.29) is 12.1 Å². The molecule has 1 fully saturated rings. The molecule has 33 heavy (non-hydrogen) atoms. The maximum absolute atomic E-state index is 11.8. The van der Waals surface area contributed by atoms with Crippen LogP contribution in [0.25, 0.3) is 11.0 Å². The number of amides is 1. The van der Waals surface area contributed by atoms with Gasteiger partial charge in [-0.05, 0) is 68.4 Å². The lowest BCUT2D eigenvalue weighted by molar-refractivity contribution is 0.0556. The van der Waals surface area contributed by atoms with Gasteiger partial charge in [-0.3, -0.25) is 0 Å². The lowest BCUT2D eigenvalue weighted by Gasteiger charge is -2.42. The summed E-state index contributed by atoms with van der Waals surface area (Å²) in [5.41, 5.74) is 0.436. The first kappa shape index (κ1) is 26.0. The molecule has 0 aliphatic heterocycles. The Kier molecular flexibility index (Phi) is 8.11. The van der Waals surface area contributed by atoms with E-state index in [2.05, 4.69) is 50.9 Å². The number of rotatable bonds is 8. The molecule has 1 amide bonds. The van der Waals surface area contributed by atoms with Gasteiger partial charge in [0.25, 0.3) is 0 Å². The van der Waals surface area contributed by atoms with E-state index in [0.29, 0.717) is 6.73 Å². The van der Waals surface area contributed by atoms with E-state index in [4.69, 9.17) is 4.74 Å². The minimum Gasteiger partial charge on any atom is -0.465 e. The van der Waals surface area contributed by atoms with Gasteiger partial charge in [0.15, 0.2) is 0 Å². The smallest absolute Gasteiger partial charge is 0.407 e. The summed E-state index contributed by atoms with van der Waals surface area (Å²) < 4.78 is 8.88. The van der Waals surface area contributed by atoms with Crippen LogP contribution in [0.4, 0.5) is 10.6 Å². The Bertz CT molecular complexity index is 961. The molecule has 2 N–H and O–H groups in total. The Balaban J connectivity index is 1.66. The minimum absolute atomic E-state index is 0.0482. The van der Waals surface area contributed by atoms with Crippen molar-refractivity contribution in [3.05, 3.63) is 17.0 Å². The quantitative estimate of drug-likeness (QED) is 0.315. The van der Waals surface area contributed by atoms with Crippen molar-refractivity contribution in [2.75, 3.05) is 11.9 Å². The molecule has 8 nitrogen and oxygen atoms in total. The zero-order valence-corrected chi connectivity index (χ0v) is 23.3. The van der Waals surface area contributed by atoms with E-state index >= 15 is 0 Å². The van der Waals surface area contributed by atoms with Crippen LogP contribution in [0.2, 0.25) is 25.7 Å². The average molecular weight is 541 g/mol. The van der Waals surface area contributed by atoms with Crippen molar-refractivity contribution < 1.29 is 14.6 Å². The number of nitrogens with one attached hydrogen (secondary N) is 1. The van der Waals surface area contributed by atoms with Crippen LogP contribution in [0.3, 0.4) is 0 Å². The Labute approximate surface area is 206 Å². The summed E-state index contributed by atoms with van der Waals surface area (Å²) >= 11 is 3.68. The summed E-state index contributed by atoms with van der Waals surface area (Å²) in [6.45, 7) is 14.1. The van der Waals surface area contributed by atoms with E-state index in [1.165, 1.54) is 0 Å². The zero-order valence-electron chi connectivity index (χ0n) is 20.7. The van der Waals surface area contributed by atoms with Crippen molar-refractivity contribution in [2.24, 2.45) is 0 Å². The lowest BCUT2D eigenvalue weighted by Crippen LogP contribution is -2.52. The van der Waals surface area contributed by atoms with Crippen LogP contribution in [0.5, 0.6) is 0 Å². The third-order valence-corrected chi connectivity index (χ3v) is 8.47. The van der Waals surface area contributed by atoms with Crippen molar-refractivity contribution >= 4 is 46.9 Å². The number of halogens is 1. The second-order valence-corrected chi connectivity index (χ2v) is 17.7. The zero-order chi connectivity index (χ0) is 24.4. The minimum atomic E-state index is -1.12. The number of fused-ring (bicyclic) bond motifs is 1. The number of aromatic nitrogens is 3. The second-order valence-electron chi connectivity index (χ2n) is 11.2. The molecule has 1 aliphatic carbocycles. The van der Waals surface area contributed by atoms with Gasteiger partial charge >= 0.3 is 6.09 Å². The molecule has 0 saturated heterocycles. The molecule has 2 heterocycles. The fourth-order valence-electron chi connectivity index (χ4n) is 4.49. The number of anilines is 1. The molecule has 0 aromatic carbocycles. The highest BCUT2D eigenvalue weighted by molar-refractivity contribution is 9.10. The van der Waals surface area contributed by atoms with Crippen LogP contribution < -0.4 is 5.32 Å². The highest BCUT2D eigenvalue weighted by atomic mass is 79.9. The molecule has 184 valence electrons. The first-order valence-corrected chi connectivity index (χ1v) is 16.2. The largest absolute Gasteiger partial charge is 0.465 e. The van der Waals surface area contributed by atoms with Crippen LogP contribution in [0.15, 0.2) is 17.0 Å². The van der Waals surface area contributed by atoms with E-state index in [1.807, 2.05) is 31.5 Å². The van der Waals surface area contributed by atoms with E-state index in [9.17, 15) is 9.90 Å². The van der Waals surface area contributed by atoms with E-state index in [0.717, 1.165) is 59.7 Å². The third kappa shape index (κ3) is 6.70. The summed E-state index contributed by atoms with van der Waals surface area (Å²) in [4.78, 5) is 22.5. The molecule has 0 unspecified atom stereocenters. The van der Waals surface area contributed by atoms with Gasteiger partial charge in [0.1, 0.15) is 24.5 Å². The maximum Gasteiger partial charge on any atom is 0.407 e. The Hall–Kier alpha value is -1.65. The van der Waals surface area contributed by atoms with Gasteiger partial charge in [0.05, 0.1) is 5.39 Å². The Morgan fingerprint density at radius 2 is 1.94 bits per heavy atom. The number of hydrogen-bond donors (Lipinski definition) is 2. The van der Waals surface area contributed by atoms with E-state index in [1.54, 1.807) is 11.2 Å². The lowest BCUT2D eigenvalue weighted by atomic mass is 9.88. The standard InChI is InChI=1S/C23H38BrN5O3Si/c1-23(2,3)29(22(30)31)17-9-7-16(8-10-17)27-20-19-18(24)13-28(21(19)26-14-25-20)15-32-11-12-33(4,5)6/h13-14,16-17H,7-12,15H2,1-6H3,(H,30,31)(H,25,26,27). The molecule has 0 spiro atoms. The van der Waals surface area contributed by atoms with Crippen LogP contribution in [-0.4, -0.2) is 62.9 Å². The summed E-state index contributed by atoms with van der Waals surface area (Å²) in [5.74, 6) is 0.807. The molecule has 0 atom stereocenters. The van der Waals surface area contributed by atoms with Crippen LogP contribution in [-0.2, 0) is 11.5 Å². The van der Waals surface area contributed by atoms with Crippen LogP contribution in [0.1, 0.15) is 46.5 Å². The molecule has 1 saturated carbocycles. The van der Waals surface area contributed by atoms with Gasteiger partial charge in [-0.1, -0.05) is 19.6 Å². The molecule has 1 aliphatic rings. The predicted octanol–water partition coefficient (Wildman–Crippen LogP) is 6.01. The van der Waals surface area contributed by atoms with Crippen molar-refractivity contribution in [1.82, 2.24) is 19.4 Å². The number of carboxylic acid groups (broad SMARTS) is 1. The number of nitrogens with zero attached hydrogens (tertiary/aromatic N) is 4. The fraction of sp³-hybridized carbons (Fsp3) is 0.696. The van der Waals surface area contributed by atoms with Gasteiger partial charge < -0.3 is 24.6 Å². The van der Waals surface area contributed by atoms with Crippen LogP contribution >= 0.6 is 15.9 Å². The molecule has 2 aromatic rings. The highest BCUT2D eigenvalue weighted by Crippen LogP contribution is 2.33. The highest BCUT2D eigenvalue weighted by Gasteiger charge is 2.35. The first-order chi connectivity index (χ1) is 15.4. The predicted molar refractivity (Wildman–Crippen MR) is 139 cm³/mol. The second kappa shape index (κ2) is 10.3. The van der Waals surface area contributed by atoms with Gasteiger partial charge in [-0.25, -0.2) is 14.8 Å². The maximum atomic E-state index is 11.8. The van der Waals surface area contributed by atoms with Gasteiger partial charge in [0.2, 0.25) is 0 Å². The summed E-state index contributed by atoms with van der Waals surface area (Å²) in [5, 5.41) is 14.3. The summed E-state index contributed by atoms with van der Waals surface area (Å²) in [6, 6.07) is 1.43. The molecule has 3 rings (SSSR count). The van der Waals surface area contributed by atoms with Gasteiger partial charge in [0, 0.05) is 43.0 Å². The van der Waals surface area contributed by atoms with Gasteiger partial charge in [-0.2, -0.15) is 0 Å². The van der Waals surface area contributed by atoms with Gasteiger partial charge in [-0.15, -0.1) is 0 Å². The van der Waals surface area contributed by atoms with Crippen molar-refractivity contribution in [3.8, 4) is 0 Å². The third-order valence-electron chi connectivity index (χ3n) is 6.17. The van der Waals surface area contributed by atoms with E-state index < -0.39 is 19.7 Å². The number of ether oxygens (including phenoxy) is 1. The summed E-state index contributed by atoms with van der Waals surface area (Å²) in [7, 11) is -1.12. The summed E-state index contributed by atoms with van der Waals surface area (Å²) in [6.07, 6.45) is 6.22. The number of carbonyl (C=O) groups is 1. The molecule has 0 radical (unpaired) electrons. The first-order valence-electron chi connectivity index (χ1n) is 11.7. The Morgan fingerprint density at radius 1 is 1.27 bits per heavy atom.